The maximum atomic E-state index is 13.8. The molecule has 1 fully saturated rings. The van der Waals surface area contributed by atoms with Gasteiger partial charge in [0.25, 0.3) is 0 Å². The van der Waals surface area contributed by atoms with Gasteiger partial charge in [0.2, 0.25) is 5.91 Å². The molecular weight excluding hydrogens is 299 g/mol. The van der Waals surface area contributed by atoms with Gasteiger partial charge in [-0.1, -0.05) is 18.2 Å². The Morgan fingerprint density at radius 1 is 1.45 bits per heavy atom. The number of carbonyl (C=O) groups is 1. The highest BCUT2D eigenvalue weighted by molar-refractivity contribution is 7.09. The van der Waals surface area contributed by atoms with Gasteiger partial charge >= 0.3 is 0 Å². The molecule has 1 amide bonds. The van der Waals surface area contributed by atoms with Crippen molar-refractivity contribution in [2.45, 2.75) is 32.4 Å². The van der Waals surface area contributed by atoms with Crippen molar-refractivity contribution in [3.05, 3.63) is 57.8 Å². The Morgan fingerprint density at radius 3 is 2.86 bits per heavy atom. The predicted octanol–water partition coefficient (Wildman–Crippen LogP) is 3.80. The predicted molar refractivity (Wildman–Crippen MR) is 85.9 cm³/mol. The van der Waals surface area contributed by atoms with E-state index < -0.39 is 0 Å². The van der Waals surface area contributed by atoms with Crippen LogP contribution < -0.4 is 0 Å². The summed E-state index contributed by atoms with van der Waals surface area (Å²) in [6.45, 7) is 2.25. The van der Waals surface area contributed by atoms with Gasteiger partial charge in [-0.25, -0.2) is 9.37 Å². The maximum absolute atomic E-state index is 13.8. The summed E-state index contributed by atoms with van der Waals surface area (Å²) in [6.07, 6.45) is 5.24. The topological polar surface area (TPSA) is 33.2 Å². The van der Waals surface area contributed by atoms with Crippen LogP contribution >= 0.6 is 11.3 Å². The number of aromatic nitrogens is 1. The summed E-state index contributed by atoms with van der Waals surface area (Å²) >= 11 is 1.55. The van der Waals surface area contributed by atoms with Crippen molar-refractivity contribution in [3.63, 3.8) is 0 Å². The molecule has 22 heavy (non-hydrogen) atoms. The van der Waals surface area contributed by atoms with Crippen molar-refractivity contribution >= 4 is 23.3 Å². The summed E-state index contributed by atoms with van der Waals surface area (Å²) in [6, 6.07) is 6.84. The van der Waals surface area contributed by atoms with E-state index in [2.05, 4.69) is 4.98 Å². The first kappa shape index (κ1) is 14.9. The molecular formula is C17H17FN2OS. The molecule has 1 heterocycles. The number of thiazole rings is 1. The molecule has 0 N–H and O–H groups in total. The van der Waals surface area contributed by atoms with E-state index in [-0.39, 0.29) is 17.8 Å². The molecule has 0 spiro atoms. The van der Waals surface area contributed by atoms with Gasteiger partial charge in [-0.2, -0.15) is 0 Å². The minimum atomic E-state index is -0.264. The van der Waals surface area contributed by atoms with Crippen LogP contribution in [-0.4, -0.2) is 21.8 Å². The van der Waals surface area contributed by atoms with Crippen molar-refractivity contribution in [1.82, 2.24) is 9.88 Å². The molecule has 1 saturated carbocycles. The second kappa shape index (κ2) is 6.40. The van der Waals surface area contributed by atoms with Crippen LogP contribution in [0.1, 0.15) is 29.1 Å². The fourth-order valence-electron chi connectivity index (χ4n) is 2.29. The first-order chi connectivity index (χ1) is 10.6. The second-order valence-corrected chi connectivity index (χ2v) is 6.48. The Balaban J connectivity index is 1.72. The van der Waals surface area contributed by atoms with Gasteiger partial charge in [0.15, 0.2) is 0 Å². The molecule has 1 aromatic heterocycles. The lowest BCUT2D eigenvalue weighted by molar-refractivity contribution is -0.127. The van der Waals surface area contributed by atoms with Crippen molar-refractivity contribution in [2.75, 3.05) is 0 Å². The Bertz CT molecular complexity index is 706. The molecule has 0 saturated heterocycles. The number of hydrogen-bond acceptors (Lipinski definition) is 3. The summed E-state index contributed by atoms with van der Waals surface area (Å²) in [4.78, 5) is 18.5. The van der Waals surface area contributed by atoms with E-state index in [9.17, 15) is 9.18 Å². The van der Waals surface area contributed by atoms with Crippen LogP contribution in [0.3, 0.4) is 0 Å². The van der Waals surface area contributed by atoms with Gasteiger partial charge in [-0.3, -0.25) is 4.79 Å². The standard InChI is InChI=1S/C17H17FN2OS/c1-12-19-14(11-22-12)6-9-17(21)20(15-7-8-15)10-13-4-2-3-5-16(13)18/h2-6,9,11,15H,7-8,10H2,1H3/b9-6+. The lowest BCUT2D eigenvalue weighted by Crippen LogP contribution is -2.31. The third-order valence-electron chi connectivity index (χ3n) is 3.60. The number of rotatable bonds is 5. The van der Waals surface area contributed by atoms with Gasteiger partial charge < -0.3 is 4.90 Å². The first-order valence-electron chi connectivity index (χ1n) is 7.27. The molecule has 0 aliphatic heterocycles. The van der Waals surface area contributed by atoms with Crippen molar-refractivity contribution in [3.8, 4) is 0 Å². The molecule has 1 aromatic carbocycles. The van der Waals surface area contributed by atoms with E-state index in [4.69, 9.17) is 0 Å². The molecule has 3 rings (SSSR count). The lowest BCUT2D eigenvalue weighted by Gasteiger charge is -2.21. The molecule has 3 nitrogen and oxygen atoms in total. The summed E-state index contributed by atoms with van der Waals surface area (Å²) < 4.78 is 13.8. The van der Waals surface area contributed by atoms with Crippen LogP contribution in [0.2, 0.25) is 0 Å². The zero-order valence-electron chi connectivity index (χ0n) is 12.3. The zero-order chi connectivity index (χ0) is 15.5. The molecule has 1 aliphatic rings. The fraction of sp³-hybridized carbons (Fsp3) is 0.294. The summed E-state index contributed by atoms with van der Waals surface area (Å²) in [5, 5.41) is 2.88. The Hall–Kier alpha value is -2.01. The van der Waals surface area contributed by atoms with Crippen molar-refractivity contribution in [2.24, 2.45) is 0 Å². The molecule has 0 bridgehead atoms. The van der Waals surface area contributed by atoms with Gasteiger partial charge in [0.05, 0.1) is 10.7 Å². The number of amides is 1. The average molecular weight is 316 g/mol. The highest BCUT2D eigenvalue weighted by Gasteiger charge is 2.31. The van der Waals surface area contributed by atoms with Crippen LogP contribution in [-0.2, 0) is 11.3 Å². The van der Waals surface area contributed by atoms with Gasteiger partial charge in [-0.15, -0.1) is 11.3 Å². The van der Waals surface area contributed by atoms with E-state index in [1.807, 2.05) is 12.3 Å². The number of nitrogens with zero attached hydrogens (tertiary/aromatic N) is 2. The molecule has 0 unspecified atom stereocenters. The molecule has 5 heteroatoms. The first-order valence-corrected chi connectivity index (χ1v) is 8.15. The highest BCUT2D eigenvalue weighted by Crippen LogP contribution is 2.29. The Morgan fingerprint density at radius 2 is 2.23 bits per heavy atom. The van der Waals surface area contributed by atoms with Crippen LogP contribution in [0, 0.1) is 12.7 Å². The molecule has 0 radical (unpaired) electrons. The minimum Gasteiger partial charge on any atom is -0.332 e. The van der Waals surface area contributed by atoms with Crippen LogP contribution in [0.4, 0.5) is 4.39 Å². The summed E-state index contributed by atoms with van der Waals surface area (Å²) in [5.41, 5.74) is 1.35. The number of benzene rings is 1. The second-order valence-electron chi connectivity index (χ2n) is 5.41. The summed E-state index contributed by atoms with van der Waals surface area (Å²) in [5.74, 6) is -0.350. The highest BCUT2D eigenvalue weighted by atomic mass is 32.1. The largest absolute Gasteiger partial charge is 0.332 e. The number of hydrogen-bond donors (Lipinski definition) is 0. The molecule has 114 valence electrons. The number of halogens is 1. The lowest BCUT2D eigenvalue weighted by atomic mass is 10.2. The van der Waals surface area contributed by atoms with E-state index in [0.717, 1.165) is 23.5 Å². The van der Waals surface area contributed by atoms with Crippen molar-refractivity contribution < 1.29 is 9.18 Å². The molecule has 2 aromatic rings. The van der Waals surface area contributed by atoms with E-state index >= 15 is 0 Å². The van der Waals surface area contributed by atoms with E-state index in [0.29, 0.717) is 12.1 Å². The van der Waals surface area contributed by atoms with E-state index in [1.165, 1.54) is 12.1 Å². The Kier molecular flexibility index (Phi) is 4.34. The number of carbonyl (C=O) groups excluding carboxylic acids is 1. The van der Waals surface area contributed by atoms with Crippen LogP contribution in [0.15, 0.2) is 35.7 Å². The fourth-order valence-corrected chi connectivity index (χ4v) is 2.87. The summed E-state index contributed by atoms with van der Waals surface area (Å²) in [7, 11) is 0. The van der Waals surface area contributed by atoms with Gasteiger partial charge in [0.1, 0.15) is 5.82 Å². The van der Waals surface area contributed by atoms with Crippen LogP contribution in [0.5, 0.6) is 0 Å². The smallest absolute Gasteiger partial charge is 0.247 e. The monoisotopic (exact) mass is 316 g/mol. The SMILES string of the molecule is Cc1nc(/C=C/C(=O)N(Cc2ccccc2F)C2CC2)cs1. The molecule has 1 aliphatic carbocycles. The van der Waals surface area contributed by atoms with Crippen molar-refractivity contribution in [1.29, 1.82) is 0 Å². The van der Waals surface area contributed by atoms with Gasteiger partial charge in [-0.05, 0) is 31.9 Å². The third kappa shape index (κ3) is 3.60. The van der Waals surface area contributed by atoms with E-state index in [1.54, 1.807) is 40.5 Å². The Labute approximate surface area is 133 Å². The number of aryl methyl sites for hydroxylation is 1. The average Bonchev–Trinajstić information content (AvgIpc) is 3.26. The quantitative estimate of drug-likeness (QED) is 0.786. The maximum Gasteiger partial charge on any atom is 0.247 e. The molecule has 0 atom stereocenters. The van der Waals surface area contributed by atoms with Gasteiger partial charge in [0, 0.05) is 29.6 Å². The third-order valence-corrected chi connectivity index (χ3v) is 4.39. The van der Waals surface area contributed by atoms with Crippen LogP contribution in [0.25, 0.3) is 6.08 Å². The normalized spacial score (nSPS) is 14.5. The minimum absolute atomic E-state index is 0.0867. The zero-order valence-corrected chi connectivity index (χ0v) is 13.1.